The second-order valence-electron chi connectivity index (χ2n) is 2.70. The molecule has 1 fully saturated rings. The van der Waals surface area contributed by atoms with Crippen molar-refractivity contribution in [2.45, 2.75) is 0 Å². The molecular weight excluding hydrogens is 156 g/mol. The van der Waals surface area contributed by atoms with Crippen LogP contribution in [0.3, 0.4) is 0 Å². The molecule has 0 saturated carbocycles. The molecule has 74 valence electrons. The van der Waals surface area contributed by atoms with Gasteiger partial charge in [0.15, 0.2) is 0 Å². The van der Waals surface area contributed by atoms with Gasteiger partial charge in [-0.05, 0) is 7.05 Å². The van der Waals surface area contributed by atoms with E-state index < -0.39 is 0 Å². The second kappa shape index (κ2) is 8.93. The molecule has 2 N–H and O–H groups in total. The molecule has 0 bridgehead atoms. The van der Waals surface area contributed by atoms with Gasteiger partial charge in [0.1, 0.15) is 0 Å². The molecule has 0 spiro atoms. The Balaban J connectivity index is 0.000000217. The summed E-state index contributed by atoms with van der Waals surface area (Å²) in [5, 5.41) is 0. The minimum Gasteiger partial charge on any atom is -0.383 e. The van der Waals surface area contributed by atoms with E-state index >= 15 is 0 Å². The van der Waals surface area contributed by atoms with E-state index in [0.29, 0.717) is 13.2 Å². The van der Waals surface area contributed by atoms with Gasteiger partial charge >= 0.3 is 0 Å². The lowest BCUT2D eigenvalue weighted by molar-refractivity contribution is 0.0503. The number of ether oxygens (including phenoxy) is 2. The molecule has 0 aromatic rings. The van der Waals surface area contributed by atoms with E-state index in [1.54, 1.807) is 7.11 Å². The molecule has 0 unspecified atom stereocenters. The Morgan fingerprint density at radius 3 is 2.17 bits per heavy atom. The van der Waals surface area contributed by atoms with E-state index in [2.05, 4.69) is 16.7 Å². The zero-order chi connectivity index (χ0) is 9.23. The molecule has 0 radical (unpaired) electrons. The first kappa shape index (κ1) is 11.8. The van der Waals surface area contributed by atoms with Gasteiger partial charge in [0.2, 0.25) is 0 Å². The first-order valence-electron chi connectivity index (χ1n) is 4.26. The fourth-order valence-corrected chi connectivity index (χ4v) is 0.772. The fourth-order valence-electron chi connectivity index (χ4n) is 0.772. The third-order valence-corrected chi connectivity index (χ3v) is 1.56. The first-order valence-corrected chi connectivity index (χ1v) is 4.26. The number of hydrogen-bond donors (Lipinski definition) is 1. The minimum absolute atomic E-state index is 0.622. The number of morpholine rings is 1. The smallest absolute Gasteiger partial charge is 0.0594 e. The number of nitrogens with two attached hydrogens (primary N) is 1. The van der Waals surface area contributed by atoms with Crippen LogP contribution in [0.5, 0.6) is 0 Å². The fraction of sp³-hybridized carbons (Fsp3) is 1.00. The highest BCUT2D eigenvalue weighted by Crippen LogP contribution is 1.89. The van der Waals surface area contributed by atoms with Gasteiger partial charge in [-0.15, -0.1) is 0 Å². The molecule has 0 aliphatic carbocycles. The Morgan fingerprint density at radius 2 is 2.00 bits per heavy atom. The molecule has 0 atom stereocenters. The van der Waals surface area contributed by atoms with Crippen molar-refractivity contribution in [3.63, 3.8) is 0 Å². The lowest BCUT2D eigenvalue weighted by atomic mass is 10.5. The highest BCUT2D eigenvalue weighted by molar-refractivity contribution is 4.53. The zero-order valence-corrected chi connectivity index (χ0v) is 8.08. The molecule has 1 heterocycles. The number of hydrogen-bond acceptors (Lipinski definition) is 4. The number of likely N-dealkylation sites (N-methyl/N-ethyl adjacent to an activating group) is 1. The van der Waals surface area contributed by atoms with Gasteiger partial charge in [0, 0.05) is 26.7 Å². The SMILES string of the molecule is CN1CCOCC1.COCCN. The van der Waals surface area contributed by atoms with Crippen molar-refractivity contribution < 1.29 is 9.47 Å². The Kier molecular flexibility index (Phi) is 8.81. The standard InChI is InChI=1S/C5H11NO.C3H9NO/c1-6-2-4-7-5-3-6;1-5-3-2-4/h2-5H2,1H3;2-4H2,1H3. The molecule has 12 heavy (non-hydrogen) atoms. The van der Waals surface area contributed by atoms with E-state index in [1.807, 2.05) is 0 Å². The van der Waals surface area contributed by atoms with Crippen molar-refractivity contribution in [2.75, 3.05) is 53.6 Å². The van der Waals surface area contributed by atoms with Crippen molar-refractivity contribution in [1.29, 1.82) is 0 Å². The summed E-state index contributed by atoms with van der Waals surface area (Å²) < 4.78 is 9.66. The van der Waals surface area contributed by atoms with Crippen LogP contribution in [0.1, 0.15) is 0 Å². The molecular formula is C8H20N2O2. The molecule has 4 nitrogen and oxygen atoms in total. The lowest BCUT2D eigenvalue weighted by Gasteiger charge is -2.21. The molecule has 1 saturated heterocycles. The predicted octanol–water partition coefficient (Wildman–Crippen LogP) is -0.460. The normalized spacial score (nSPS) is 18.2. The van der Waals surface area contributed by atoms with Crippen molar-refractivity contribution in [3.05, 3.63) is 0 Å². The quantitative estimate of drug-likeness (QED) is 0.618. The molecule has 0 aromatic carbocycles. The molecule has 1 aliphatic rings. The van der Waals surface area contributed by atoms with Gasteiger partial charge in [0.05, 0.1) is 19.8 Å². The van der Waals surface area contributed by atoms with E-state index in [9.17, 15) is 0 Å². The van der Waals surface area contributed by atoms with Crippen molar-refractivity contribution >= 4 is 0 Å². The summed E-state index contributed by atoms with van der Waals surface area (Å²) in [7, 11) is 3.75. The summed E-state index contributed by atoms with van der Waals surface area (Å²) in [5.41, 5.74) is 5.01. The maximum absolute atomic E-state index is 5.10. The van der Waals surface area contributed by atoms with E-state index in [1.165, 1.54) is 0 Å². The summed E-state index contributed by atoms with van der Waals surface area (Å²) in [6, 6.07) is 0. The molecule has 4 heteroatoms. The van der Waals surface area contributed by atoms with Crippen LogP contribution in [-0.4, -0.2) is 58.5 Å². The van der Waals surface area contributed by atoms with E-state index in [0.717, 1.165) is 26.3 Å². The van der Waals surface area contributed by atoms with Gasteiger partial charge in [0.25, 0.3) is 0 Å². The Hall–Kier alpha value is -0.160. The number of rotatable bonds is 2. The van der Waals surface area contributed by atoms with Gasteiger partial charge in [-0.1, -0.05) is 0 Å². The Labute approximate surface area is 74.6 Å². The summed E-state index contributed by atoms with van der Waals surface area (Å²) in [5.74, 6) is 0. The highest BCUT2D eigenvalue weighted by atomic mass is 16.5. The van der Waals surface area contributed by atoms with Crippen molar-refractivity contribution in [3.8, 4) is 0 Å². The first-order chi connectivity index (χ1) is 5.81. The van der Waals surface area contributed by atoms with Crippen LogP contribution in [-0.2, 0) is 9.47 Å². The van der Waals surface area contributed by atoms with Crippen LogP contribution in [0, 0.1) is 0 Å². The maximum Gasteiger partial charge on any atom is 0.0594 e. The largest absolute Gasteiger partial charge is 0.383 e. The molecule has 1 aliphatic heterocycles. The van der Waals surface area contributed by atoms with Crippen molar-refractivity contribution in [1.82, 2.24) is 4.90 Å². The van der Waals surface area contributed by atoms with Crippen LogP contribution in [0.4, 0.5) is 0 Å². The van der Waals surface area contributed by atoms with Gasteiger partial charge < -0.3 is 20.1 Å². The van der Waals surface area contributed by atoms with Gasteiger partial charge in [-0.2, -0.15) is 0 Å². The third-order valence-electron chi connectivity index (χ3n) is 1.56. The maximum atomic E-state index is 5.10. The average Bonchev–Trinajstić information content (AvgIpc) is 2.08. The van der Waals surface area contributed by atoms with E-state index in [4.69, 9.17) is 10.5 Å². The minimum atomic E-state index is 0.622. The van der Waals surface area contributed by atoms with Crippen LogP contribution >= 0.6 is 0 Å². The summed E-state index contributed by atoms with van der Waals surface area (Å²) in [4.78, 5) is 2.27. The Morgan fingerprint density at radius 1 is 1.42 bits per heavy atom. The van der Waals surface area contributed by atoms with E-state index in [-0.39, 0.29) is 0 Å². The number of nitrogens with zero attached hydrogens (tertiary/aromatic N) is 1. The van der Waals surface area contributed by atoms with Crippen LogP contribution < -0.4 is 5.73 Å². The lowest BCUT2D eigenvalue weighted by Crippen LogP contribution is -2.32. The van der Waals surface area contributed by atoms with Crippen LogP contribution in [0.25, 0.3) is 0 Å². The topological polar surface area (TPSA) is 47.7 Å². The predicted molar refractivity (Wildman–Crippen MR) is 49.2 cm³/mol. The highest BCUT2D eigenvalue weighted by Gasteiger charge is 2.02. The molecule has 0 amide bonds. The summed E-state index contributed by atoms with van der Waals surface area (Å²) in [6.07, 6.45) is 0. The zero-order valence-electron chi connectivity index (χ0n) is 8.08. The number of methoxy groups -OCH3 is 1. The van der Waals surface area contributed by atoms with Crippen molar-refractivity contribution in [2.24, 2.45) is 5.73 Å². The summed E-state index contributed by atoms with van der Waals surface area (Å²) >= 11 is 0. The van der Waals surface area contributed by atoms with Crippen LogP contribution in [0.15, 0.2) is 0 Å². The molecule has 1 rings (SSSR count). The van der Waals surface area contributed by atoms with Gasteiger partial charge in [-0.3, -0.25) is 0 Å². The van der Waals surface area contributed by atoms with Gasteiger partial charge in [-0.25, -0.2) is 0 Å². The Bertz CT molecular complexity index is 83.1. The second-order valence-corrected chi connectivity index (χ2v) is 2.70. The average molecular weight is 176 g/mol. The van der Waals surface area contributed by atoms with Crippen LogP contribution in [0.2, 0.25) is 0 Å². The molecule has 0 aromatic heterocycles. The monoisotopic (exact) mass is 176 g/mol. The summed E-state index contributed by atoms with van der Waals surface area (Å²) in [6.45, 7) is 5.31. The third kappa shape index (κ3) is 7.94.